The van der Waals surface area contributed by atoms with Gasteiger partial charge in [0.05, 0.1) is 0 Å². The highest BCUT2D eigenvalue weighted by Gasteiger charge is 2.01. The molecule has 0 saturated heterocycles. The van der Waals surface area contributed by atoms with Crippen molar-refractivity contribution < 1.29 is 4.39 Å². The van der Waals surface area contributed by atoms with Gasteiger partial charge in [-0.25, -0.2) is 4.39 Å². The molecule has 64 valence electrons. The fourth-order valence-corrected chi connectivity index (χ4v) is 1.12. The van der Waals surface area contributed by atoms with Crippen LogP contribution in [-0.2, 0) is 6.42 Å². The molecule has 1 aromatic carbocycles. The normalized spacial score (nSPS) is 9.92. The van der Waals surface area contributed by atoms with Gasteiger partial charge in [0.15, 0.2) is 0 Å². The highest BCUT2D eigenvalue weighted by molar-refractivity contribution is 5.26. The molecule has 0 radical (unpaired) electrons. The Morgan fingerprint density at radius 3 is 2.67 bits per heavy atom. The van der Waals surface area contributed by atoms with Gasteiger partial charge in [-0.15, -0.1) is 0 Å². The number of halogens is 1. The zero-order valence-corrected chi connectivity index (χ0v) is 7.52. The van der Waals surface area contributed by atoms with E-state index in [1.165, 1.54) is 0 Å². The van der Waals surface area contributed by atoms with Crippen molar-refractivity contribution in [2.75, 3.05) is 0 Å². The molecular formula is C11H13F. The summed E-state index contributed by atoms with van der Waals surface area (Å²) in [6, 6.07) is 5.29. The van der Waals surface area contributed by atoms with Crippen LogP contribution in [0.4, 0.5) is 4.39 Å². The Balaban J connectivity index is 2.93. The first-order chi connectivity index (χ1) is 5.59. The summed E-state index contributed by atoms with van der Waals surface area (Å²) in [5.41, 5.74) is 2.67. The molecule has 0 bridgehead atoms. The molecule has 0 unspecified atom stereocenters. The average Bonchev–Trinajstić information content (AvgIpc) is 1.94. The topological polar surface area (TPSA) is 0 Å². The van der Waals surface area contributed by atoms with Gasteiger partial charge in [-0.1, -0.05) is 24.3 Å². The number of benzene rings is 1. The minimum atomic E-state index is -0.127. The second-order valence-electron chi connectivity index (χ2n) is 3.23. The maximum absolute atomic E-state index is 13.2. The van der Waals surface area contributed by atoms with Crippen molar-refractivity contribution in [3.63, 3.8) is 0 Å². The monoisotopic (exact) mass is 164 g/mol. The van der Waals surface area contributed by atoms with E-state index >= 15 is 0 Å². The van der Waals surface area contributed by atoms with Crippen molar-refractivity contribution >= 4 is 0 Å². The Hall–Kier alpha value is -1.11. The van der Waals surface area contributed by atoms with E-state index in [1.54, 1.807) is 6.07 Å². The highest BCUT2D eigenvalue weighted by Crippen LogP contribution is 2.12. The molecular weight excluding hydrogens is 151 g/mol. The second-order valence-corrected chi connectivity index (χ2v) is 3.23. The summed E-state index contributed by atoms with van der Waals surface area (Å²) in [6.07, 6.45) is 0.631. The van der Waals surface area contributed by atoms with Crippen molar-refractivity contribution in [3.05, 3.63) is 47.3 Å². The van der Waals surface area contributed by atoms with Crippen LogP contribution in [0, 0.1) is 12.7 Å². The lowest BCUT2D eigenvalue weighted by Crippen LogP contribution is -1.91. The summed E-state index contributed by atoms with van der Waals surface area (Å²) >= 11 is 0. The number of allylic oxidation sites excluding steroid dienone is 1. The highest BCUT2D eigenvalue weighted by atomic mass is 19.1. The van der Waals surface area contributed by atoms with Gasteiger partial charge in [0.1, 0.15) is 5.82 Å². The number of aryl methyl sites for hydroxylation is 1. The average molecular weight is 164 g/mol. The lowest BCUT2D eigenvalue weighted by atomic mass is 10.1. The van der Waals surface area contributed by atoms with Crippen LogP contribution in [0.2, 0.25) is 0 Å². The maximum atomic E-state index is 13.2. The molecule has 0 N–H and O–H groups in total. The quantitative estimate of drug-likeness (QED) is 0.588. The summed E-state index contributed by atoms with van der Waals surface area (Å²) < 4.78 is 13.2. The van der Waals surface area contributed by atoms with E-state index in [4.69, 9.17) is 0 Å². The molecule has 0 atom stereocenters. The molecule has 0 saturated carbocycles. The SMILES string of the molecule is C=C(C)Cc1ccc(C)cc1F. The van der Waals surface area contributed by atoms with Crippen LogP contribution < -0.4 is 0 Å². The fraction of sp³-hybridized carbons (Fsp3) is 0.273. The largest absolute Gasteiger partial charge is 0.207 e. The standard InChI is InChI=1S/C11H13F/c1-8(2)6-10-5-4-9(3)7-11(10)12/h4-5,7H,1,6H2,2-3H3. The molecule has 12 heavy (non-hydrogen) atoms. The Bertz CT molecular complexity index is 300. The van der Waals surface area contributed by atoms with Crippen LogP contribution in [0.15, 0.2) is 30.4 Å². The minimum Gasteiger partial charge on any atom is -0.207 e. The van der Waals surface area contributed by atoms with E-state index < -0.39 is 0 Å². The van der Waals surface area contributed by atoms with Crippen LogP contribution >= 0.6 is 0 Å². The smallest absolute Gasteiger partial charge is 0.126 e. The summed E-state index contributed by atoms with van der Waals surface area (Å²) in [4.78, 5) is 0. The van der Waals surface area contributed by atoms with Gasteiger partial charge >= 0.3 is 0 Å². The number of hydrogen-bond acceptors (Lipinski definition) is 0. The first kappa shape index (κ1) is 8.98. The molecule has 0 aliphatic rings. The van der Waals surface area contributed by atoms with E-state index in [0.29, 0.717) is 6.42 Å². The molecule has 1 aromatic rings. The Morgan fingerprint density at radius 2 is 2.17 bits per heavy atom. The first-order valence-corrected chi connectivity index (χ1v) is 3.99. The number of hydrogen-bond donors (Lipinski definition) is 0. The molecule has 0 aliphatic carbocycles. The minimum absolute atomic E-state index is 0.127. The Morgan fingerprint density at radius 1 is 1.50 bits per heavy atom. The molecule has 0 aliphatic heterocycles. The Kier molecular flexibility index (Phi) is 2.64. The zero-order valence-electron chi connectivity index (χ0n) is 7.52. The third kappa shape index (κ3) is 2.19. The molecule has 0 nitrogen and oxygen atoms in total. The maximum Gasteiger partial charge on any atom is 0.126 e. The van der Waals surface area contributed by atoms with Gasteiger partial charge in [-0.2, -0.15) is 0 Å². The van der Waals surface area contributed by atoms with Crippen molar-refractivity contribution in [1.82, 2.24) is 0 Å². The van der Waals surface area contributed by atoms with Crippen molar-refractivity contribution in [2.45, 2.75) is 20.3 Å². The van der Waals surface area contributed by atoms with Crippen molar-refractivity contribution in [2.24, 2.45) is 0 Å². The molecule has 1 rings (SSSR count). The van der Waals surface area contributed by atoms with E-state index in [1.807, 2.05) is 26.0 Å². The van der Waals surface area contributed by atoms with Crippen LogP contribution in [0.3, 0.4) is 0 Å². The lowest BCUT2D eigenvalue weighted by Gasteiger charge is -2.02. The summed E-state index contributed by atoms with van der Waals surface area (Å²) in [7, 11) is 0. The lowest BCUT2D eigenvalue weighted by molar-refractivity contribution is 0.612. The van der Waals surface area contributed by atoms with E-state index in [0.717, 1.165) is 16.7 Å². The van der Waals surface area contributed by atoms with Gasteiger partial charge in [-0.05, 0) is 37.5 Å². The van der Waals surface area contributed by atoms with Crippen LogP contribution in [0.1, 0.15) is 18.1 Å². The molecule has 0 amide bonds. The first-order valence-electron chi connectivity index (χ1n) is 3.99. The molecule has 0 fully saturated rings. The van der Waals surface area contributed by atoms with E-state index in [9.17, 15) is 4.39 Å². The molecule has 0 spiro atoms. The van der Waals surface area contributed by atoms with Gasteiger partial charge < -0.3 is 0 Å². The van der Waals surface area contributed by atoms with E-state index in [-0.39, 0.29) is 5.82 Å². The van der Waals surface area contributed by atoms with Crippen LogP contribution in [0.5, 0.6) is 0 Å². The molecule has 0 heterocycles. The zero-order chi connectivity index (χ0) is 9.14. The summed E-state index contributed by atoms with van der Waals surface area (Å²) in [5.74, 6) is -0.127. The predicted molar refractivity (Wildman–Crippen MR) is 49.7 cm³/mol. The third-order valence-corrected chi connectivity index (χ3v) is 1.70. The fourth-order valence-electron chi connectivity index (χ4n) is 1.12. The van der Waals surface area contributed by atoms with Crippen LogP contribution in [0.25, 0.3) is 0 Å². The van der Waals surface area contributed by atoms with Crippen LogP contribution in [-0.4, -0.2) is 0 Å². The number of rotatable bonds is 2. The third-order valence-electron chi connectivity index (χ3n) is 1.70. The summed E-state index contributed by atoms with van der Waals surface area (Å²) in [5, 5.41) is 0. The Labute approximate surface area is 72.7 Å². The van der Waals surface area contributed by atoms with Gasteiger partial charge in [-0.3, -0.25) is 0 Å². The van der Waals surface area contributed by atoms with Crippen molar-refractivity contribution in [1.29, 1.82) is 0 Å². The van der Waals surface area contributed by atoms with Gasteiger partial charge in [0.25, 0.3) is 0 Å². The van der Waals surface area contributed by atoms with Gasteiger partial charge in [0, 0.05) is 0 Å². The van der Waals surface area contributed by atoms with Gasteiger partial charge in [0.2, 0.25) is 0 Å². The predicted octanol–water partition coefficient (Wildman–Crippen LogP) is 3.25. The van der Waals surface area contributed by atoms with E-state index in [2.05, 4.69) is 6.58 Å². The second kappa shape index (κ2) is 3.53. The molecule has 0 aromatic heterocycles. The summed E-state index contributed by atoms with van der Waals surface area (Å²) in [6.45, 7) is 7.53. The van der Waals surface area contributed by atoms with Crippen molar-refractivity contribution in [3.8, 4) is 0 Å². The molecule has 1 heteroatoms.